The van der Waals surface area contributed by atoms with Crippen LogP contribution >= 0.6 is 0 Å². The smallest absolute Gasteiger partial charge is 0.00197 e. The number of rotatable bonds is 3. The summed E-state index contributed by atoms with van der Waals surface area (Å²) in [6, 6.07) is 10.9. The molecule has 2 rings (SSSR count). The van der Waals surface area contributed by atoms with E-state index in [-0.39, 0.29) is 0 Å². The van der Waals surface area contributed by atoms with Gasteiger partial charge in [0.05, 0.1) is 0 Å². The Kier molecular flexibility index (Phi) is 3.11. The molecule has 1 N–H and O–H groups in total. The van der Waals surface area contributed by atoms with Crippen LogP contribution in [0.25, 0.3) is 0 Å². The molecule has 82 valence electrons. The molecule has 1 aromatic carbocycles. The third-order valence-electron chi connectivity index (χ3n) is 3.52. The van der Waals surface area contributed by atoms with Crippen LogP contribution in [0.15, 0.2) is 30.3 Å². The molecule has 1 aliphatic heterocycles. The van der Waals surface area contributed by atoms with Crippen LogP contribution < -0.4 is 5.32 Å². The lowest BCUT2D eigenvalue weighted by Crippen LogP contribution is -2.23. The number of benzene rings is 1. The van der Waals surface area contributed by atoms with Gasteiger partial charge >= 0.3 is 0 Å². The van der Waals surface area contributed by atoms with E-state index in [1.54, 1.807) is 0 Å². The van der Waals surface area contributed by atoms with E-state index >= 15 is 0 Å². The van der Waals surface area contributed by atoms with Crippen molar-refractivity contribution >= 4 is 0 Å². The molecular formula is C14H21N. The molecule has 1 aromatic rings. The summed E-state index contributed by atoms with van der Waals surface area (Å²) in [5, 5.41) is 3.45. The van der Waals surface area contributed by atoms with Crippen molar-refractivity contribution in [2.75, 3.05) is 13.1 Å². The zero-order valence-corrected chi connectivity index (χ0v) is 9.79. The lowest BCUT2D eigenvalue weighted by molar-refractivity contribution is 0.379. The van der Waals surface area contributed by atoms with Gasteiger partial charge in [0.15, 0.2) is 0 Å². The van der Waals surface area contributed by atoms with E-state index < -0.39 is 0 Å². The van der Waals surface area contributed by atoms with Crippen molar-refractivity contribution in [2.24, 2.45) is 5.92 Å². The molecule has 1 nitrogen and oxygen atoms in total. The van der Waals surface area contributed by atoms with Gasteiger partial charge < -0.3 is 5.32 Å². The third kappa shape index (κ3) is 2.60. The van der Waals surface area contributed by atoms with Gasteiger partial charge in [-0.15, -0.1) is 0 Å². The number of nitrogens with one attached hydrogen (secondary N) is 1. The predicted octanol–water partition coefficient (Wildman–Crippen LogP) is 2.96. The molecule has 1 unspecified atom stereocenters. The second-order valence-electron chi connectivity index (χ2n) is 5.31. The normalized spacial score (nSPS) is 21.9. The van der Waals surface area contributed by atoms with Gasteiger partial charge in [-0.3, -0.25) is 0 Å². The van der Waals surface area contributed by atoms with Gasteiger partial charge in [0.25, 0.3) is 0 Å². The minimum atomic E-state index is 0.317. The second kappa shape index (κ2) is 4.36. The summed E-state index contributed by atoms with van der Waals surface area (Å²) in [6.45, 7) is 7.13. The fraction of sp³-hybridized carbons (Fsp3) is 0.571. The Bertz CT molecular complexity index is 296. The fourth-order valence-corrected chi connectivity index (χ4v) is 2.62. The van der Waals surface area contributed by atoms with Crippen LogP contribution in [0.4, 0.5) is 0 Å². The van der Waals surface area contributed by atoms with Crippen LogP contribution in [-0.4, -0.2) is 13.1 Å². The Morgan fingerprint density at radius 2 is 2.00 bits per heavy atom. The zero-order chi connectivity index (χ0) is 10.7. The summed E-state index contributed by atoms with van der Waals surface area (Å²) in [7, 11) is 0. The van der Waals surface area contributed by atoms with Gasteiger partial charge in [-0.25, -0.2) is 0 Å². The molecule has 1 aliphatic rings. The molecule has 1 atom stereocenters. The molecule has 0 radical (unpaired) electrons. The van der Waals surface area contributed by atoms with E-state index in [1.807, 2.05) is 0 Å². The second-order valence-corrected chi connectivity index (χ2v) is 5.31. The van der Waals surface area contributed by atoms with Gasteiger partial charge in [-0.05, 0) is 42.8 Å². The molecule has 0 bridgehead atoms. The highest BCUT2D eigenvalue weighted by molar-refractivity contribution is 5.23. The zero-order valence-electron chi connectivity index (χ0n) is 9.79. The predicted molar refractivity (Wildman–Crippen MR) is 65.1 cm³/mol. The van der Waals surface area contributed by atoms with E-state index in [4.69, 9.17) is 0 Å². The largest absolute Gasteiger partial charge is 0.316 e. The lowest BCUT2D eigenvalue weighted by Gasteiger charge is -2.28. The Balaban J connectivity index is 2.05. The molecular weight excluding hydrogens is 182 g/mol. The van der Waals surface area contributed by atoms with Crippen LogP contribution in [0.2, 0.25) is 0 Å². The van der Waals surface area contributed by atoms with Crippen molar-refractivity contribution in [2.45, 2.75) is 32.1 Å². The summed E-state index contributed by atoms with van der Waals surface area (Å²) >= 11 is 0. The summed E-state index contributed by atoms with van der Waals surface area (Å²) < 4.78 is 0. The van der Waals surface area contributed by atoms with Crippen molar-refractivity contribution in [3.63, 3.8) is 0 Å². The first kappa shape index (κ1) is 10.7. The van der Waals surface area contributed by atoms with E-state index in [1.165, 1.54) is 31.5 Å². The fourth-order valence-electron chi connectivity index (χ4n) is 2.62. The average Bonchev–Trinajstić information content (AvgIpc) is 2.71. The molecule has 0 aliphatic carbocycles. The highest BCUT2D eigenvalue weighted by Gasteiger charge is 2.26. The van der Waals surface area contributed by atoms with Gasteiger partial charge in [0.2, 0.25) is 0 Å². The topological polar surface area (TPSA) is 12.0 Å². The molecule has 0 aromatic heterocycles. The average molecular weight is 203 g/mol. The third-order valence-corrected chi connectivity index (χ3v) is 3.52. The van der Waals surface area contributed by atoms with Crippen molar-refractivity contribution in [1.82, 2.24) is 5.32 Å². The minimum absolute atomic E-state index is 0.317. The quantitative estimate of drug-likeness (QED) is 0.796. The number of hydrogen-bond acceptors (Lipinski definition) is 1. The van der Waals surface area contributed by atoms with Crippen molar-refractivity contribution in [3.8, 4) is 0 Å². The van der Waals surface area contributed by atoms with Crippen molar-refractivity contribution in [3.05, 3.63) is 35.9 Å². The lowest BCUT2D eigenvalue weighted by atomic mass is 9.77. The maximum absolute atomic E-state index is 3.45. The van der Waals surface area contributed by atoms with Crippen LogP contribution in [0.3, 0.4) is 0 Å². The highest BCUT2D eigenvalue weighted by atomic mass is 14.9. The number of hydrogen-bond donors (Lipinski definition) is 1. The molecule has 1 fully saturated rings. The molecule has 15 heavy (non-hydrogen) atoms. The maximum atomic E-state index is 3.45. The van der Waals surface area contributed by atoms with E-state index in [9.17, 15) is 0 Å². The van der Waals surface area contributed by atoms with Gasteiger partial charge in [-0.2, -0.15) is 0 Å². The van der Waals surface area contributed by atoms with Gasteiger partial charge in [0.1, 0.15) is 0 Å². The Labute approximate surface area is 92.9 Å². The Hall–Kier alpha value is -0.820. The highest BCUT2D eigenvalue weighted by Crippen LogP contribution is 2.32. The summed E-state index contributed by atoms with van der Waals surface area (Å²) in [4.78, 5) is 0. The summed E-state index contributed by atoms with van der Waals surface area (Å²) in [5.41, 5.74) is 1.79. The van der Waals surface area contributed by atoms with Crippen molar-refractivity contribution < 1.29 is 0 Å². The van der Waals surface area contributed by atoms with E-state index in [2.05, 4.69) is 49.5 Å². The van der Waals surface area contributed by atoms with Crippen LogP contribution in [0.5, 0.6) is 0 Å². The minimum Gasteiger partial charge on any atom is -0.316 e. The maximum Gasteiger partial charge on any atom is -0.00197 e. The Morgan fingerprint density at radius 3 is 2.60 bits per heavy atom. The van der Waals surface area contributed by atoms with Crippen LogP contribution in [-0.2, 0) is 5.41 Å². The monoisotopic (exact) mass is 203 g/mol. The van der Waals surface area contributed by atoms with E-state index in [0.717, 1.165) is 5.92 Å². The van der Waals surface area contributed by atoms with Gasteiger partial charge in [-0.1, -0.05) is 44.2 Å². The van der Waals surface area contributed by atoms with Crippen LogP contribution in [0.1, 0.15) is 32.3 Å². The molecule has 1 heterocycles. The first-order chi connectivity index (χ1) is 7.18. The molecule has 1 saturated heterocycles. The molecule has 0 amide bonds. The molecule has 0 saturated carbocycles. The summed E-state index contributed by atoms with van der Waals surface area (Å²) in [5.74, 6) is 0.861. The van der Waals surface area contributed by atoms with E-state index in [0.29, 0.717) is 5.41 Å². The molecule has 0 spiro atoms. The SMILES string of the molecule is CC(C)(CC1CCNC1)c1ccccc1. The summed E-state index contributed by atoms with van der Waals surface area (Å²) in [6.07, 6.45) is 2.64. The van der Waals surface area contributed by atoms with Gasteiger partial charge in [0, 0.05) is 0 Å². The molecule has 1 heteroatoms. The first-order valence-corrected chi connectivity index (χ1v) is 5.95. The Morgan fingerprint density at radius 1 is 1.27 bits per heavy atom. The van der Waals surface area contributed by atoms with Crippen LogP contribution in [0, 0.1) is 5.92 Å². The van der Waals surface area contributed by atoms with Crippen molar-refractivity contribution in [1.29, 1.82) is 0 Å². The first-order valence-electron chi connectivity index (χ1n) is 5.95. The standard InChI is InChI=1S/C14H21N/c1-14(2,10-12-8-9-15-11-12)13-6-4-3-5-7-13/h3-7,12,15H,8-11H2,1-2H3.